The predicted molar refractivity (Wildman–Crippen MR) is 119 cm³/mol. The highest BCUT2D eigenvalue weighted by atomic mass is 16.5. The topological polar surface area (TPSA) is 116 Å². The van der Waals surface area contributed by atoms with Crippen LogP contribution in [0.25, 0.3) is 10.9 Å². The molecule has 1 saturated heterocycles. The van der Waals surface area contributed by atoms with E-state index >= 15 is 0 Å². The fourth-order valence-corrected chi connectivity index (χ4v) is 2.94. The first-order chi connectivity index (χ1) is 14.9. The molecule has 2 N–H and O–H groups in total. The number of aromatic nitrogens is 2. The van der Waals surface area contributed by atoms with Crippen LogP contribution in [0, 0.1) is 0 Å². The van der Waals surface area contributed by atoms with E-state index in [-0.39, 0.29) is 0 Å². The summed E-state index contributed by atoms with van der Waals surface area (Å²) in [7, 11) is 0. The second-order valence-electron chi connectivity index (χ2n) is 6.78. The molecule has 0 aliphatic carbocycles. The standard InChI is InChI=1S/C18H24N4O.C4H4O4/c1-3-9-21-10-12-22(13-11-21)18-19-16-8-6-5-7-15(16)17(20-18)23-14-4-2;5-3(6)1-2-4(7)8/h3,5-8H,1,4,9-14H2,2H3;1-2H,(H,5,6)(H,7,8)/b;2-1+. The van der Waals surface area contributed by atoms with E-state index in [9.17, 15) is 9.59 Å². The highest BCUT2D eigenvalue weighted by Crippen LogP contribution is 2.26. The van der Waals surface area contributed by atoms with Crippen molar-refractivity contribution >= 4 is 28.8 Å². The van der Waals surface area contributed by atoms with Crippen molar-refractivity contribution in [2.45, 2.75) is 13.3 Å². The number of piperazine rings is 1. The van der Waals surface area contributed by atoms with Gasteiger partial charge in [0.1, 0.15) is 0 Å². The Morgan fingerprint density at radius 2 is 1.74 bits per heavy atom. The zero-order chi connectivity index (χ0) is 22.6. The van der Waals surface area contributed by atoms with Crippen LogP contribution in [-0.4, -0.2) is 76.4 Å². The highest BCUT2D eigenvalue weighted by molar-refractivity contribution is 5.89. The van der Waals surface area contributed by atoms with Crippen LogP contribution < -0.4 is 9.64 Å². The van der Waals surface area contributed by atoms with Crippen LogP contribution in [0.3, 0.4) is 0 Å². The normalized spacial score (nSPS) is 14.2. The van der Waals surface area contributed by atoms with E-state index < -0.39 is 11.9 Å². The van der Waals surface area contributed by atoms with Crippen molar-refractivity contribution in [2.24, 2.45) is 0 Å². The molecule has 3 rings (SSSR count). The number of anilines is 1. The van der Waals surface area contributed by atoms with Crippen LogP contribution in [-0.2, 0) is 9.59 Å². The van der Waals surface area contributed by atoms with Crippen molar-refractivity contribution in [3.63, 3.8) is 0 Å². The number of carboxylic acid groups (broad SMARTS) is 2. The zero-order valence-electron chi connectivity index (χ0n) is 17.6. The van der Waals surface area contributed by atoms with E-state index in [1.54, 1.807) is 0 Å². The minimum Gasteiger partial charge on any atom is -0.478 e. The Morgan fingerprint density at radius 3 is 2.32 bits per heavy atom. The van der Waals surface area contributed by atoms with Crippen molar-refractivity contribution in [3.05, 3.63) is 49.1 Å². The number of carbonyl (C=O) groups is 2. The average Bonchev–Trinajstić information content (AvgIpc) is 2.77. The van der Waals surface area contributed by atoms with Crippen molar-refractivity contribution in [1.29, 1.82) is 0 Å². The lowest BCUT2D eigenvalue weighted by Gasteiger charge is -2.34. The van der Waals surface area contributed by atoms with E-state index in [1.165, 1.54) is 0 Å². The third kappa shape index (κ3) is 7.71. The fourth-order valence-electron chi connectivity index (χ4n) is 2.94. The van der Waals surface area contributed by atoms with E-state index in [2.05, 4.69) is 28.3 Å². The first-order valence-electron chi connectivity index (χ1n) is 10.1. The summed E-state index contributed by atoms with van der Waals surface area (Å²) in [5.41, 5.74) is 0.942. The van der Waals surface area contributed by atoms with E-state index in [0.29, 0.717) is 24.6 Å². The lowest BCUT2D eigenvalue weighted by molar-refractivity contribution is -0.134. The number of carboxylic acids is 2. The predicted octanol–water partition coefficient (Wildman–Crippen LogP) is 2.44. The molecule has 0 amide bonds. The molecule has 0 radical (unpaired) electrons. The molecule has 1 aromatic carbocycles. The smallest absolute Gasteiger partial charge is 0.328 e. The third-order valence-electron chi connectivity index (χ3n) is 4.41. The third-order valence-corrected chi connectivity index (χ3v) is 4.41. The summed E-state index contributed by atoms with van der Waals surface area (Å²) < 4.78 is 5.86. The molecular formula is C22H28N4O5. The van der Waals surface area contributed by atoms with Gasteiger partial charge >= 0.3 is 11.9 Å². The average molecular weight is 428 g/mol. The van der Waals surface area contributed by atoms with Crippen molar-refractivity contribution in [2.75, 3.05) is 44.2 Å². The Hall–Kier alpha value is -3.46. The number of ether oxygens (including phenoxy) is 1. The van der Waals surface area contributed by atoms with Gasteiger partial charge < -0.3 is 19.8 Å². The molecule has 0 unspecified atom stereocenters. The van der Waals surface area contributed by atoms with Gasteiger partial charge in [-0.1, -0.05) is 25.1 Å². The maximum atomic E-state index is 9.55. The van der Waals surface area contributed by atoms with Crippen LogP contribution in [0.1, 0.15) is 13.3 Å². The molecule has 1 fully saturated rings. The number of nitrogens with zero attached hydrogens (tertiary/aromatic N) is 4. The van der Waals surface area contributed by atoms with Gasteiger partial charge in [0.05, 0.1) is 17.5 Å². The van der Waals surface area contributed by atoms with Gasteiger partial charge in [-0.3, -0.25) is 4.90 Å². The van der Waals surface area contributed by atoms with Crippen LogP contribution in [0.4, 0.5) is 5.95 Å². The second-order valence-corrected chi connectivity index (χ2v) is 6.78. The summed E-state index contributed by atoms with van der Waals surface area (Å²) in [6.45, 7) is 11.4. The molecule has 166 valence electrons. The van der Waals surface area contributed by atoms with E-state index in [1.807, 2.05) is 30.3 Å². The van der Waals surface area contributed by atoms with Gasteiger partial charge in [0.2, 0.25) is 11.8 Å². The minimum absolute atomic E-state index is 0.558. The SMILES string of the molecule is C=CCN1CCN(c2nc(OCCC)c3ccccc3n2)CC1.O=C(O)/C=C/C(=O)O. The first kappa shape index (κ1) is 23.8. The second kappa shape index (κ2) is 12.3. The van der Waals surface area contributed by atoms with Crippen molar-refractivity contribution in [1.82, 2.24) is 14.9 Å². The quantitative estimate of drug-likeness (QED) is 0.483. The number of rotatable bonds is 8. The summed E-state index contributed by atoms with van der Waals surface area (Å²) in [6.07, 6.45) is 4.04. The number of benzene rings is 1. The summed E-state index contributed by atoms with van der Waals surface area (Å²) >= 11 is 0. The number of para-hydroxylation sites is 1. The molecule has 9 nitrogen and oxygen atoms in total. The Bertz CT molecular complexity index is 907. The molecule has 0 spiro atoms. The van der Waals surface area contributed by atoms with E-state index in [4.69, 9.17) is 19.9 Å². The van der Waals surface area contributed by atoms with Gasteiger partial charge in [-0.2, -0.15) is 4.98 Å². The van der Waals surface area contributed by atoms with E-state index in [0.717, 1.165) is 56.0 Å². The molecular weight excluding hydrogens is 400 g/mol. The molecule has 1 aliphatic rings. The van der Waals surface area contributed by atoms with Gasteiger partial charge in [-0.25, -0.2) is 14.6 Å². The maximum Gasteiger partial charge on any atom is 0.328 e. The lowest BCUT2D eigenvalue weighted by atomic mass is 10.2. The van der Waals surface area contributed by atoms with Gasteiger partial charge in [0, 0.05) is 44.9 Å². The number of hydrogen-bond acceptors (Lipinski definition) is 7. The molecule has 31 heavy (non-hydrogen) atoms. The molecule has 1 aromatic heterocycles. The molecule has 2 aromatic rings. The van der Waals surface area contributed by atoms with Crippen LogP contribution in [0.2, 0.25) is 0 Å². The summed E-state index contributed by atoms with van der Waals surface area (Å²) in [5.74, 6) is -1.05. The summed E-state index contributed by atoms with van der Waals surface area (Å²) in [5, 5.41) is 16.6. The summed E-state index contributed by atoms with van der Waals surface area (Å²) in [6, 6.07) is 8.04. The monoisotopic (exact) mass is 428 g/mol. The molecule has 9 heteroatoms. The van der Waals surface area contributed by atoms with Gasteiger partial charge in [-0.05, 0) is 18.6 Å². The van der Waals surface area contributed by atoms with Crippen LogP contribution in [0.5, 0.6) is 5.88 Å². The number of hydrogen-bond donors (Lipinski definition) is 2. The largest absolute Gasteiger partial charge is 0.478 e. The Morgan fingerprint density at radius 1 is 1.10 bits per heavy atom. The Kier molecular flexibility index (Phi) is 9.44. The minimum atomic E-state index is -1.26. The first-order valence-corrected chi connectivity index (χ1v) is 10.1. The molecule has 0 atom stereocenters. The van der Waals surface area contributed by atoms with Crippen LogP contribution in [0.15, 0.2) is 49.1 Å². The number of fused-ring (bicyclic) bond motifs is 1. The molecule has 2 heterocycles. The zero-order valence-corrected chi connectivity index (χ0v) is 17.6. The molecule has 1 aliphatic heterocycles. The Balaban J connectivity index is 0.000000366. The van der Waals surface area contributed by atoms with Gasteiger partial charge in [0.25, 0.3) is 0 Å². The highest BCUT2D eigenvalue weighted by Gasteiger charge is 2.20. The maximum absolute atomic E-state index is 9.55. The molecule has 0 saturated carbocycles. The van der Waals surface area contributed by atoms with Crippen LogP contribution >= 0.6 is 0 Å². The van der Waals surface area contributed by atoms with Crippen molar-refractivity contribution < 1.29 is 24.5 Å². The van der Waals surface area contributed by atoms with Gasteiger partial charge in [0.15, 0.2) is 0 Å². The van der Waals surface area contributed by atoms with Gasteiger partial charge in [-0.15, -0.1) is 6.58 Å². The van der Waals surface area contributed by atoms with Crippen molar-refractivity contribution in [3.8, 4) is 5.88 Å². The Labute approximate surface area is 181 Å². The summed E-state index contributed by atoms with van der Waals surface area (Å²) in [4.78, 5) is 33.2. The fraction of sp³-hybridized carbons (Fsp3) is 0.364. The number of aliphatic carboxylic acids is 2. The molecule has 0 bridgehead atoms. The lowest BCUT2D eigenvalue weighted by Crippen LogP contribution is -2.46.